The Kier molecular flexibility index (Phi) is 3.41. The van der Waals surface area contributed by atoms with E-state index >= 15 is 0 Å². The molecule has 0 aromatic heterocycles. The van der Waals surface area contributed by atoms with Crippen LogP contribution >= 0.6 is 23.2 Å². The van der Waals surface area contributed by atoms with E-state index in [1.54, 1.807) is 0 Å². The van der Waals surface area contributed by atoms with Gasteiger partial charge in [-0.15, -0.1) is 0 Å². The van der Waals surface area contributed by atoms with E-state index in [1.807, 2.05) is 0 Å². The quantitative estimate of drug-likeness (QED) is 0.205. The van der Waals surface area contributed by atoms with Gasteiger partial charge in [-0.2, -0.15) is 0 Å². The molecular formula is C4H9Cl2N5. The molecule has 0 aromatic carbocycles. The molecule has 0 saturated heterocycles. The molecule has 0 saturated carbocycles. The molecule has 7 heteroatoms. The number of guanidine groups is 2. The summed E-state index contributed by atoms with van der Waals surface area (Å²) in [5, 5.41) is 8.97. The number of nitrogens with one attached hydrogen (secondary N) is 2. The van der Waals surface area contributed by atoms with Gasteiger partial charge in [0, 0.05) is 0 Å². The van der Waals surface area contributed by atoms with E-state index in [-0.39, 0.29) is 11.9 Å². The predicted octanol–water partition coefficient (Wildman–Crippen LogP) is -0.0645. The zero-order valence-electron chi connectivity index (χ0n) is 5.86. The molecule has 0 fully saturated rings. The van der Waals surface area contributed by atoms with Crippen molar-refractivity contribution in [3.63, 3.8) is 0 Å². The van der Waals surface area contributed by atoms with Gasteiger partial charge >= 0.3 is 0 Å². The van der Waals surface area contributed by atoms with Gasteiger partial charge in [0.2, 0.25) is 4.46 Å². The van der Waals surface area contributed by atoms with Crippen molar-refractivity contribution in [2.45, 2.75) is 11.4 Å². The van der Waals surface area contributed by atoms with E-state index in [0.717, 1.165) is 0 Å². The van der Waals surface area contributed by atoms with Crippen LogP contribution < -0.4 is 16.8 Å². The first-order valence-corrected chi connectivity index (χ1v) is 3.41. The van der Waals surface area contributed by atoms with E-state index in [9.17, 15) is 0 Å². The number of alkyl halides is 2. The normalized spacial score (nSPS) is 12.8. The van der Waals surface area contributed by atoms with Crippen molar-refractivity contribution in [3.8, 4) is 0 Å². The zero-order valence-corrected chi connectivity index (χ0v) is 7.37. The minimum atomic E-state index is -1.30. The monoisotopic (exact) mass is 197 g/mol. The maximum absolute atomic E-state index is 6.75. The van der Waals surface area contributed by atoms with Gasteiger partial charge in [-0.05, 0) is 6.92 Å². The molecule has 0 rings (SSSR count). The molecule has 5 nitrogen and oxygen atoms in total. The number of hydrogen-bond donors (Lipinski definition) is 4. The van der Waals surface area contributed by atoms with Crippen LogP contribution in [0.1, 0.15) is 6.92 Å². The summed E-state index contributed by atoms with van der Waals surface area (Å²) in [7, 11) is 0. The Morgan fingerprint density at radius 3 is 2.27 bits per heavy atom. The van der Waals surface area contributed by atoms with Gasteiger partial charge in [-0.3, -0.25) is 10.7 Å². The Labute approximate surface area is 74.3 Å². The minimum Gasteiger partial charge on any atom is -0.370 e. The van der Waals surface area contributed by atoms with Gasteiger partial charge in [0.1, 0.15) is 0 Å². The van der Waals surface area contributed by atoms with Crippen LogP contribution in [-0.2, 0) is 0 Å². The number of halogens is 2. The average Bonchev–Trinajstić information content (AvgIpc) is 1.53. The van der Waals surface area contributed by atoms with Gasteiger partial charge in [0.15, 0.2) is 11.9 Å². The van der Waals surface area contributed by atoms with Crippen molar-refractivity contribution in [1.82, 2.24) is 5.32 Å². The summed E-state index contributed by atoms with van der Waals surface area (Å²) in [6.45, 7) is 1.44. The van der Waals surface area contributed by atoms with Crippen molar-refractivity contribution in [2.75, 3.05) is 0 Å². The topological polar surface area (TPSA) is 100 Å². The van der Waals surface area contributed by atoms with Crippen LogP contribution in [0.25, 0.3) is 0 Å². The average molecular weight is 198 g/mol. The number of nitrogens with zero attached hydrogens (tertiary/aromatic N) is 1. The number of rotatable bonds is 1. The van der Waals surface area contributed by atoms with Crippen molar-refractivity contribution >= 4 is 35.1 Å². The van der Waals surface area contributed by atoms with E-state index in [2.05, 4.69) is 10.3 Å². The third kappa shape index (κ3) is 7.21. The van der Waals surface area contributed by atoms with Crippen LogP contribution in [0.2, 0.25) is 0 Å². The molecule has 11 heavy (non-hydrogen) atoms. The lowest BCUT2D eigenvalue weighted by Crippen LogP contribution is -2.41. The summed E-state index contributed by atoms with van der Waals surface area (Å²) in [4.78, 5) is 3.54. The molecule has 0 bridgehead atoms. The van der Waals surface area contributed by atoms with Crippen LogP contribution in [-0.4, -0.2) is 16.4 Å². The lowest BCUT2D eigenvalue weighted by Gasteiger charge is -2.08. The molecule has 0 spiro atoms. The number of nitrogens with two attached hydrogens (primary N) is 2. The van der Waals surface area contributed by atoms with Crippen LogP contribution in [0.5, 0.6) is 0 Å². The molecule has 6 N–H and O–H groups in total. The first-order chi connectivity index (χ1) is 4.81. The van der Waals surface area contributed by atoms with Crippen molar-refractivity contribution in [2.24, 2.45) is 16.5 Å². The highest BCUT2D eigenvalue weighted by atomic mass is 35.5. The fourth-order valence-corrected chi connectivity index (χ4v) is 0.560. The molecule has 0 radical (unpaired) electrons. The maximum atomic E-state index is 6.75. The SMILES string of the molecule is CC(Cl)(Cl)N=C(N)NC(=N)N. The van der Waals surface area contributed by atoms with E-state index in [4.69, 9.17) is 40.1 Å². The van der Waals surface area contributed by atoms with Gasteiger partial charge < -0.3 is 11.5 Å². The molecule has 0 aliphatic heterocycles. The summed E-state index contributed by atoms with van der Waals surface area (Å²) >= 11 is 10.9. The van der Waals surface area contributed by atoms with Crippen molar-refractivity contribution in [1.29, 1.82) is 5.41 Å². The zero-order chi connectivity index (χ0) is 9.07. The fraction of sp³-hybridized carbons (Fsp3) is 0.500. The van der Waals surface area contributed by atoms with Crippen LogP contribution in [0.3, 0.4) is 0 Å². The third-order valence-corrected chi connectivity index (χ3v) is 0.749. The van der Waals surface area contributed by atoms with E-state index in [0.29, 0.717) is 0 Å². The standard InChI is InChI=1S/C4H9Cl2N5/c1-4(5,6)11-3(9)10-2(7)8/h1H3,(H6,7,8,9,10,11). The second-order valence-corrected chi connectivity index (χ2v) is 3.54. The Morgan fingerprint density at radius 1 is 1.55 bits per heavy atom. The number of aliphatic imine (C=N–C) groups is 1. The second-order valence-electron chi connectivity index (χ2n) is 1.88. The Morgan fingerprint density at radius 2 is 2.00 bits per heavy atom. The number of hydrogen-bond acceptors (Lipinski definition) is 2. The van der Waals surface area contributed by atoms with Gasteiger partial charge in [-0.1, -0.05) is 23.2 Å². The lowest BCUT2D eigenvalue weighted by atomic mass is 10.7. The molecule has 0 aromatic rings. The largest absolute Gasteiger partial charge is 0.370 e. The molecule has 0 atom stereocenters. The van der Waals surface area contributed by atoms with E-state index < -0.39 is 4.46 Å². The molecule has 0 aliphatic carbocycles. The van der Waals surface area contributed by atoms with Crippen LogP contribution in [0.15, 0.2) is 4.99 Å². The van der Waals surface area contributed by atoms with Gasteiger partial charge in [0.05, 0.1) is 0 Å². The van der Waals surface area contributed by atoms with E-state index in [1.165, 1.54) is 6.92 Å². The summed E-state index contributed by atoms with van der Waals surface area (Å²) in [5.74, 6) is -0.408. The second kappa shape index (κ2) is 3.64. The Hall–Kier alpha value is -0.680. The Bertz CT molecular complexity index is 181. The van der Waals surface area contributed by atoms with Gasteiger partial charge in [0.25, 0.3) is 0 Å². The highest BCUT2D eigenvalue weighted by Crippen LogP contribution is 2.20. The van der Waals surface area contributed by atoms with Crippen LogP contribution in [0, 0.1) is 5.41 Å². The highest BCUT2D eigenvalue weighted by Gasteiger charge is 2.14. The smallest absolute Gasteiger partial charge is 0.208 e. The summed E-state index contributed by atoms with van der Waals surface area (Å²) in [6, 6.07) is 0. The summed E-state index contributed by atoms with van der Waals surface area (Å²) in [5.41, 5.74) is 10.1. The third-order valence-electron chi connectivity index (χ3n) is 0.580. The minimum absolute atomic E-state index is 0.0926. The summed E-state index contributed by atoms with van der Waals surface area (Å²) < 4.78 is -1.30. The van der Waals surface area contributed by atoms with Crippen molar-refractivity contribution < 1.29 is 0 Å². The maximum Gasteiger partial charge on any atom is 0.208 e. The summed E-state index contributed by atoms with van der Waals surface area (Å²) in [6.07, 6.45) is 0. The first kappa shape index (κ1) is 10.3. The molecule has 0 heterocycles. The highest BCUT2D eigenvalue weighted by molar-refractivity contribution is 6.48. The van der Waals surface area contributed by atoms with Crippen LogP contribution in [0.4, 0.5) is 0 Å². The molecular weight excluding hydrogens is 189 g/mol. The van der Waals surface area contributed by atoms with Gasteiger partial charge in [-0.25, -0.2) is 4.99 Å². The lowest BCUT2D eigenvalue weighted by molar-refractivity contribution is 0.919. The Balaban J connectivity index is 4.12. The fourth-order valence-electron chi connectivity index (χ4n) is 0.377. The molecule has 0 unspecified atom stereocenters. The molecule has 64 valence electrons. The first-order valence-electron chi connectivity index (χ1n) is 2.65. The molecule has 0 amide bonds. The van der Waals surface area contributed by atoms with Crippen molar-refractivity contribution in [3.05, 3.63) is 0 Å². The predicted molar refractivity (Wildman–Crippen MR) is 46.8 cm³/mol. The molecule has 0 aliphatic rings.